The Balaban J connectivity index is 2.33. The molecule has 1 aromatic carbocycles. The van der Waals surface area contributed by atoms with Crippen molar-refractivity contribution >= 4 is 0 Å². The largest absolute Gasteiger partial charge is 0.494 e. The Bertz CT molecular complexity index is 279. The van der Waals surface area contributed by atoms with Gasteiger partial charge in [-0.05, 0) is 36.6 Å². The predicted molar refractivity (Wildman–Crippen MR) is 68.8 cm³/mol. The molecule has 0 radical (unpaired) electrons. The van der Waals surface area contributed by atoms with Crippen LogP contribution in [0.3, 0.4) is 0 Å². The monoisotopic (exact) mass is 221 g/mol. The normalized spacial score (nSPS) is 10.8. The topological polar surface area (TPSA) is 21.3 Å². The first-order valence-electron chi connectivity index (χ1n) is 6.14. The van der Waals surface area contributed by atoms with Crippen molar-refractivity contribution in [3.63, 3.8) is 0 Å². The van der Waals surface area contributed by atoms with Gasteiger partial charge in [0.2, 0.25) is 0 Å². The Hall–Kier alpha value is -1.02. The summed E-state index contributed by atoms with van der Waals surface area (Å²) >= 11 is 0. The fraction of sp³-hybridized carbons (Fsp3) is 0.571. The third-order valence-electron chi connectivity index (χ3n) is 2.28. The average molecular weight is 221 g/mol. The van der Waals surface area contributed by atoms with Crippen molar-refractivity contribution in [3.05, 3.63) is 29.8 Å². The number of hydrogen-bond acceptors (Lipinski definition) is 2. The summed E-state index contributed by atoms with van der Waals surface area (Å²) in [7, 11) is 0. The van der Waals surface area contributed by atoms with Crippen LogP contribution in [0.1, 0.15) is 32.8 Å². The molecule has 16 heavy (non-hydrogen) atoms. The van der Waals surface area contributed by atoms with E-state index in [-0.39, 0.29) is 0 Å². The first-order valence-corrected chi connectivity index (χ1v) is 6.14. The van der Waals surface area contributed by atoms with Crippen molar-refractivity contribution in [2.75, 3.05) is 13.2 Å². The number of benzene rings is 1. The van der Waals surface area contributed by atoms with E-state index in [1.165, 1.54) is 5.56 Å². The van der Waals surface area contributed by atoms with Gasteiger partial charge in [0.25, 0.3) is 0 Å². The minimum absolute atomic E-state index is 0.701. The van der Waals surface area contributed by atoms with Crippen molar-refractivity contribution in [2.24, 2.45) is 5.92 Å². The molecule has 2 heteroatoms. The number of ether oxygens (including phenoxy) is 1. The molecule has 0 aliphatic carbocycles. The van der Waals surface area contributed by atoms with E-state index in [9.17, 15) is 0 Å². The lowest BCUT2D eigenvalue weighted by Crippen LogP contribution is -2.18. The molecule has 0 saturated carbocycles. The van der Waals surface area contributed by atoms with Crippen LogP contribution >= 0.6 is 0 Å². The molecular formula is C14H23NO. The number of rotatable bonds is 7. The smallest absolute Gasteiger partial charge is 0.119 e. The van der Waals surface area contributed by atoms with E-state index in [4.69, 9.17) is 4.74 Å². The van der Waals surface area contributed by atoms with E-state index < -0.39 is 0 Å². The molecular weight excluding hydrogens is 198 g/mol. The first-order chi connectivity index (χ1) is 7.72. The van der Waals surface area contributed by atoms with Crippen LogP contribution in [0.15, 0.2) is 24.3 Å². The molecule has 1 aromatic rings. The minimum atomic E-state index is 0.701. The number of hydrogen-bond donors (Lipinski definition) is 1. The SMILES string of the molecule is CCCOc1ccc(CNCC(C)C)cc1. The lowest BCUT2D eigenvalue weighted by atomic mass is 10.2. The Morgan fingerprint density at radius 2 is 1.88 bits per heavy atom. The molecule has 1 N–H and O–H groups in total. The molecule has 0 aromatic heterocycles. The van der Waals surface area contributed by atoms with Gasteiger partial charge in [0.1, 0.15) is 5.75 Å². The van der Waals surface area contributed by atoms with Gasteiger partial charge in [-0.15, -0.1) is 0 Å². The van der Waals surface area contributed by atoms with Gasteiger partial charge in [-0.25, -0.2) is 0 Å². The summed E-state index contributed by atoms with van der Waals surface area (Å²) in [6.45, 7) is 9.35. The van der Waals surface area contributed by atoms with Crippen LogP contribution in [0.2, 0.25) is 0 Å². The van der Waals surface area contributed by atoms with Crippen LogP contribution in [0.5, 0.6) is 5.75 Å². The third-order valence-corrected chi connectivity index (χ3v) is 2.28. The van der Waals surface area contributed by atoms with Gasteiger partial charge in [-0.2, -0.15) is 0 Å². The highest BCUT2D eigenvalue weighted by Crippen LogP contribution is 2.12. The first kappa shape index (κ1) is 13.0. The maximum atomic E-state index is 5.53. The molecule has 1 rings (SSSR count). The fourth-order valence-electron chi connectivity index (χ4n) is 1.43. The Kier molecular flexibility index (Phi) is 5.94. The van der Waals surface area contributed by atoms with Crippen LogP contribution in [0.25, 0.3) is 0 Å². The molecule has 0 bridgehead atoms. The van der Waals surface area contributed by atoms with Crippen molar-refractivity contribution in [1.29, 1.82) is 0 Å². The average Bonchev–Trinajstić information content (AvgIpc) is 2.27. The molecule has 0 atom stereocenters. The lowest BCUT2D eigenvalue weighted by Gasteiger charge is -2.08. The standard InChI is InChI=1S/C14H23NO/c1-4-9-16-14-7-5-13(6-8-14)11-15-10-12(2)3/h5-8,12,15H,4,9-11H2,1-3H3. The predicted octanol–water partition coefficient (Wildman–Crippen LogP) is 3.22. The molecule has 2 nitrogen and oxygen atoms in total. The van der Waals surface area contributed by atoms with Crippen LogP contribution < -0.4 is 10.1 Å². The van der Waals surface area contributed by atoms with Crippen LogP contribution in [0, 0.1) is 5.92 Å². The Morgan fingerprint density at radius 1 is 1.19 bits per heavy atom. The second-order valence-corrected chi connectivity index (χ2v) is 4.52. The zero-order valence-corrected chi connectivity index (χ0v) is 10.6. The molecule has 0 amide bonds. The summed E-state index contributed by atoms with van der Waals surface area (Å²) in [4.78, 5) is 0. The maximum absolute atomic E-state index is 5.53. The zero-order chi connectivity index (χ0) is 11.8. The minimum Gasteiger partial charge on any atom is -0.494 e. The van der Waals surface area contributed by atoms with Gasteiger partial charge < -0.3 is 10.1 Å². The zero-order valence-electron chi connectivity index (χ0n) is 10.6. The summed E-state index contributed by atoms with van der Waals surface area (Å²) in [5, 5.41) is 3.42. The molecule has 0 fully saturated rings. The van der Waals surface area contributed by atoms with Gasteiger partial charge in [0, 0.05) is 6.54 Å². The van der Waals surface area contributed by atoms with Crippen molar-refractivity contribution in [3.8, 4) is 5.75 Å². The Labute approximate surface area is 99.0 Å². The van der Waals surface area contributed by atoms with Crippen molar-refractivity contribution in [1.82, 2.24) is 5.32 Å². The highest BCUT2D eigenvalue weighted by molar-refractivity contribution is 5.27. The van der Waals surface area contributed by atoms with Gasteiger partial charge in [-0.1, -0.05) is 32.9 Å². The quantitative estimate of drug-likeness (QED) is 0.763. The molecule has 0 spiro atoms. The van der Waals surface area contributed by atoms with Crippen molar-refractivity contribution < 1.29 is 4.74 Å². The van der Waals surface area contributed by atoms with Gasteiger partial charge in [-0.3, -0.25) is 0 Å². The highest BCUT2D eigenvalue weighted by Gasteiger charge is 1.96. The summed E-state index contributed by atoms with van der Waals surface area (Å²) < 4.78 is 5.53. The van der Waals surface area contributed by atoms with E-state index in [0.717, 1.165) is 31.9 Å². The highest BCUT2D eigenvalue weighted by atomic mass is 16.5. The molecule has 0 aliphatic heterocycles. The molecule has 0 saturated heterocycles. The Morgan fingerprint density at radius 3 is 2.44 bits per heavy atom. The van der Waals surface area contributed by atoms with E-state index in [2.05, 4.69) is 38.2 Å². The fourth-order valence-corrected chi connectivity index (χ4v) is 1.43. The number of nitrogens with one attached hydrogen (secondary N) is 1. The van der Waals surface area contributed by atoms with Crippen LogP contribution in [0.4, 0.5) is 0 Å². The summed E-state index contributed by atoms with van der Waals surface area (Å²) in [6.07, 6.45) is 1.05. The summed E-state index contributed by atoms with van der Waals surface area (Å²) in [5.41, 5.74) is 1.31. The van der Waals surface area contributed by atoms with Gasteiger partial charge in [0.05, 0.1) is 6.61 Å². The van der Waals surface area contributed by atoms with Crippen LogP contribution in [-0.2, 0) is 6.54 Å². The molecule has 0 unspecified atom stereocenters. The lowest BCUT2D eigenvalue weighted by molar-refractivity contribution is 0.317. The van der Waals surface area contributed by atoms with Gasteiger partial charge in [0.15, 0.2) is 0 Å². The molecule has 0 aliphatic rings. The van der Waals surface area contributed by atoms with E-state index in [1.54, 1.807) is 0 Å². The van der Waals surface area contributed by atoms with E-state index in [1.807, 2.05) is 12.1 Å². The second kappa shape index (κ2) is 7.29. The third kappa shape index (κ3) is 5.17. The van der Waals surface area contributed by atoms with E-state index in [0.29, 0.717) is 5.92 Å². The summed E-state index contributed by atoms with van der Waals surface area (Å²) in [5.74, 6) is 1.67. The maximum Gasteiger partial charge on any atom is 0.119 e. The van der Waals surface area contributed by atoms with Gasteiger partial charge >= 0.3 is 0 Å². The second-order valence-electron chi connectivity index (χ2n) is 4.52. The van der Waals surface area contributed by atoms with E-state index >= 15 is 0 Å². The van der Waals surface area contributed by atoms with Crippen molar-refractivity contribution in [2.45, 2.75) is 33.7 Å². The summed E-state index contributed by atoms with van der Waals surface area (Å²) in [6, 6.07) is 8.33. The molecule has 90 valence electrons. The van der Waals surface area contributed by atoms with Crippen LogP contribution in [-0.4, -0.2) is 13.2 Å². The molecule has 0 heterocycles.